The van der Waals surface area contributed by atoms with Gasteiger partial charge in [0.15, 0.2) is 0 Å². The van der Waals surface area contributed by atoms with Crippen molar-refractivity contribution in [3.8, 4) is 0 Å². The number of hydrogen-bond acceptors (Lipinski definition) is 3. The highest BCUT2D eigenvalue weighted by atomic mass is 17.3. The standard InChI is InChI=1S/C4H11N3O2/c1-3(2)8-9-7-4(5)6/h3H,1-2H3,(H4,5,6,7). The molecule has 0 aromatic heterocycles. The average Bonchev–Trinajstić information content (AvgIpc) is 1.63. The van der Waals surface area contributed by atoms with Gasteiger partial charge >= 0.3 is 0 Å². The lowest BCUT2D eigenvalue weighted by molar-refractivity contribution is -0.318. The first-order chi connectivity index (χ1) is 4.13. The Morgan fingerprint density at radius 3 is 2.33 bits per heavy atom. The van der Waals surface area contributed by atoms with Gasteiger partial charge in [-0.25, -0.2) is 4.99 Å². The third-order valence-electron chi connectivity index (χ3n) is 0.378. The van der Waals surface area contributed by atoms with Crippen LogP contribution >= 0.6 is 0 Å². The number of rotatable bonds is 3. The second-order valence-electron chi connectivity index (χ2n) is 1.74. The van der Waals surface area contributed by atoms with Crippen LogP contribution in [0.3, 0.4) is 0 Å². The van der Waals surface area contributed by atoms with Crippen molar-refractivity contribution in [1.29, 1.82) is 0 Å². The number of oxime groups is 1. The van der Waals surface area contributed by atoms with Crippen molar-refractivity contribution < 1.29 is 9.88 Å². The molecule has 0 aliphatic rings. The summed E-state index contributed by atoms with van der Waals surface area (Å²) in [5, 5.41) is 3.11. The highest BCUT2D eigenvalue weighted by Gasteiger charge is 1.90. The summed E-state index contributed by atoms with van der Waals surface area (Å²) in [5.41, 5.74) is 9.80. The van der Waals surface area contributed by atoms with E-state index in [1.54, 1.807) is 13.8 Å². The molecule has 0 saturated carbocycles. The first kappa shape index (κ1) is 8.03. The van der Waals surface area contributed by atoms with Gasteiger partial charge in [-0.2, -0.15) is 4.89 Å². The molecule has 0 radical (unpaired) electrons. The maximum atomic E-state index is 4.90. The van der Waals surface area contributed by atoms with Gasteiger partial charge in [-0.05, 0) is 19.0 Å². The van der Waals surface area contributed by atoms with Crippen molar-refractivity contribution in [2.75, 3.05) is 0 Å². The third kappa shape index (κ3) is 7.03. The Kier molecular flexibility index (Phi) is 3.54. The first-order valence-corrected chi connectivity index (χ1v) is 2.54. The van der Waals surface area contributed by atoms with E-state index in [-0.39, 0.29) is 12.1 Å². The number of hydrogen-bond donors (Lipinski definition) is 2. The highest BCUT2D eigenvalue weighted by molar-refractivity contribution is 5.74. The fraction of sp³-hybridized carbons (Fsp3) is 0.750. The van der Waals surface area contributed by atoms with Crippen molar-refractivity contribution in [3.63, 3.8) is 0 Å². The molecule has 0 aromatic carbocycles. The maximum Gasteiger partial charge on any atom is 0.232 e. The Morgan fingerprint density at radius 2 is 2.00 bits per heavy atom. The predicted molar refractivity (Wildman–Crippen MR) is 33.1 cm³/mol. The Hall–Kier alpha value is -0.970. The molecule has 0 aliphatic carbocycles. The Balaban J connectivity index is 3.20. The minimum absolute atomic E-state index is 0.0481. The summed E-state index contributed by atoms with van der Waals surface area (Å²) in [6.45, 7) is 3.59. The van der Waals surface area contributed by atoms with Crippen LogP contribution in [0.4, 0.5) is 0 Å². The van der Waals surface area contributed by atoms with Crippen LogP contribution < -0.4 is 11.5 Å². The molecular weight excluding hydrogens is 122 g/mol. The largest absolute Gasteiger partial charge is 0.367 e. The lowest BCUT2D eigenvalue weighted by Gasteiger charge is -1.99. The molecule has 0 fully saturated rings. The summed E-state index contributed by atoms with van der Waals surface area (Å²) >= 11 is 0. The topological polar surface area (TPSA) is 82.9 Å². The lowest BCUT2D eigenvalue weighted by Crippen LogP contribution is -2.23. The van der Waals surface area contributed by atoms with Gasteiger partial charge in [-0.15, -0.1) is 0 Å². The molecule has 0 bridgehead atoms. The summed E-state index contributed by atoms with van der Waals surface area (Å²) in [6.07, 6.45) is -0.0481. The van der Waals surface area contributed by atoms with Crippen molar-refractivity contribution in [3.05, 3.63) is 0 Å². The zero-order valence-electron chi connectivity index (χ0n) is 5.50. The molecule has 0 spiro atoms. The van der Waals surface area contributed by atoms with Crippen LogP contribution in [0.25, 0.3) is 0 Å². The van der Waals surface area contributed by atoms with Crippen LogP contribution in [0.1, 0.15) is 13.8 Å². The van der Waals surface area contributed by atoms with Gasteiger partial charge in [0.25, 0.3) is 0 Å². The van der Waals surface area contributed by atoms with Crippen molar-refractivity contribution in [2.24, 2.45) is 16.6 Å². The van der Waals surface area contributed by atoms with Crippen LogP contribution in [0, 0.1) is 0 Å². The van der Waals surface area contributed by atoms with E-state index in [1.165, 1.54) is 0 Å². The lowest BCUT2D eigenvalue weighted by atomic mass is 10.5. The molecule has 0 aliphatic heterocycles. The summed E-state index contributed by atoms with van der Waals surface area (Å²) in [7, 11) is 0. The molecule has 4 N–H and O–H groups in total. The third-order valence-corrected chi connectivity index (χ3v) is 0.378. The van der Waals surface area contributed by atoms with E-state index in [0.717, 1.165) is 0 Å². The van der Waals surface area contributed by atoms with Crippen molar-refractivity contribution in [1.82, 2.24) is 0 Å². The molecule has 9 heavy (non-hydrogen) atoms. The summed E-state index contributed by atoms with van der Waals surface area (Å²) in [4.78, 5) is 8.70. The SMILES string of the molecule is CC(C)OON=C(N)N. The molecule has 5 heteroatoms. The Bertz CT molecular complexity index is 98.0. The smallest absolute Gasteiger partial charge is 0.232 e. The van der Waals surface area contributed by atoms with E-state index in [0.29, 0.717) is 0 Å². The normalized spacial score (nSPS) is 9.22. The molecule has 54 valence electrons. The maximum absolute atomic E-state index is 4.90. The molecule has 5 nitrogen and oxygen atoms in total. The molecule has 0 amide bonds. The van der Waals surface area contributed by atoms with Crippen LogP contribution in [-0.4, -0.2) is 12.1 Å². The van der Waals surface area contributed by atoms with E-state index in [9.17, 15) is 0 Å². The van der Waals surface area contributed by atoms with Gasteiger partial charge < -0.3 is 11.5 Å². The van der Waals surface area contributed by atoms with Crippen molar-refractivity contribution in [2.45, 2.75) is 20.0 Å². The summed E-state index contributed by atoms with van der Waals surface area (Å²) in [5.74, 6) is -0.157. The quantitative estimate of drug-likeness (QED) is 0.236. The molecule has 0 heterocycles. The van der Waals surface area contributed by atoms with Gasteiger partial charge in [0, 0.05) is 0 Å². The van der Waals surface area contributed by atoms with E-state index >= 15 is 0 Å². The highest BCUT2D eigenvalue weighted by Crippen LogP contribution is 1.87. The van der Waals surface area contributed by atoms with E-state index in [2.05, 4.69) is 15.0 Å². The van der Waals surface area contributed by atoms with E-state index in [1.807, 2.05) is 0 Å². The molecule has 0 saturated heterocycles. The molecule has 0 rings (SSSR count). The summed E-state index contributed by atoms with van der Waals surface area (Å²) in [6, 6.07) is 0. The monoisotopic (exact) mass is 133 g/mol. The minimum Gasteiger partial charge on any atom is -0.367 e. The number of guanidine groups is 1. The minimum atomic E-state index is -0.157. The fourth-order valence-electron chi connectivity index (χ4n) is 0.151. The second kappa shape index (κ2) is 3.96. The number of nitrogens with two attached hydrogens (primary N) is 2. The Labute approximate surface area is 53.5 Å². The Morgan fingerprint density at radius 1 is 1.44 bits per heavy atom. The zero-order valence-corrected chi connectivity index (χ0v) is 5.50. The predicted octanol–water partition coefficient (Wildman–Crippen LogP) is -0.469. The summed E-state index contributed by atoms with van der Waals surface area (Å²) < 4.78 is 0. The fourth-order valence-corrected chi connectivity index (χ4v) is 0.151. The van der Waals surface area contributed by atoms with E-state index < -0.39 is 0 Å². The van der Waals surface area contributed by atoms with Gasteiger partial charge in [0.05, 0.1) is 0 Å². The molecule has 0 unspecified atom stereocenters. The van der Waals surface area contributed by atoms with Gasteiger partial charge in [-0.3, -0.25) is 0 Å². The van der Waals surface area contributed by atoms with Crippen molar-refractivity contribution >= 4 is 5.96 Å². The average molecular weight is 133 g/mol. The van der Waals surface area contributed by atoms with Gasteiger partial charge in [0.2, 0.25) is 5.96 Å². The molecule has 0 aromatic rings. The van der Waals surface area contributed by atoms with Crippen LogP contribution in [0.2, 0.25) is 0 Å². The van der Waals surface area contributed by atoms with Crippen LogP contribution in [-0.2, 0) is 9.88 Å². The first-order valence-electron chi connectivity index (χ1n) is 2.54. The zero-order chi connectivity index (χ0) is 7.28. The van der Waals surface area contributed by atoms with E-state index in [4.69, 9.17) is 11.5 Å². The van der Waals surface area contributed by atoms with Crippen LogP contribution in [0.5, 0.6) is 0 Å². The van der Waals surface area contributed by atoms with Crippen LogP contribution in [0.15, 0.2) is 5.16 Å². The van der Waals surface area contributed by atoms with Gasteiger partial charge in [0.1, 0.15) is 6.10 Å². The second-order valence-corrected chi connectivity index (χ2v) is 1.74. The number of nitrogens with zero attached hydrogens (tertiary/aromatic N) is 1. The van der Waals surface area contributed by atoms with Gasteiger partial charge in [-0.1, -0.05) is 0 Å². The molecular formula is C4H11N3O2. The molecule has 0 atom stereocenters.